The van der Waals surface area contributed by atoms with Crippen LogP contribution in [-0.4, -0.2) is 72.0 Å². The van der Waals surface area contributed by atoms with E-state index in [-0.39, 0.29) is 23.6 Å². The van der Waals surface area contributed by atoms with Crippen LogP contribution in [0.2, 0.25) is 0 Å². The minimum absolute atomic E-state index is 0.0162. The number of carbonyl (C=O) groups excluding carboxylic acids is 1. The molecule has 1 saturated heterocycles. The Labute approximate surface area is 212 Å². The molecule has 1 aromatic heterocycles. The van der Waals surface area contributed by atoms with Crippen molar-refractivity contribution < 1.29 is 17.9 Å². The number of ether oxygens (including phenoxy) is 1. The minimum atomic E-state index is -3.57. The Morgan fingerprint density at radius 1 is 1.11 bits per heavy atom. The summed E-state index contributed by atoms with van der Waals surface area (Å²) in [5.74, 6) is 0.977. The Bertz CT molecular complexity index is 1070. The highest BCUT2D eigenvalue weighted by Gasteiger charge is 2.33. The lowest BCUT2D eigenvalue weighted by molar-refractivity contribution is -0.119. The fraction of sp³-hybridized carbons (Fsp3) is 0.625. The van der Waals surface area contributed by atoms with Crippen LogP contribution in [-0.2, 0) is 26.1 Å². The van der Waals surface area contributed by atoms with Crippen LogP contribution >= 0.6 is 11.8 Å². The van der Waals surface area contributed by atoms with Crippen molar-refractivity contribution >= 4 is 27.7 Å². The number of methoxy groups -OCH3 is 1. The fourth-order valence-corrected chi connectivity index (χ4v) is 7.19. The molecule has 11 heteroatoms. The van der Waals surface area contributed by atoms with Crippen molar-refractivity contribution in [1.29, 1.82) is 0 Å². The van der Waals surface area contributed by atoms with Gasteiger partial charge in [-0.15, -0.1) is 10.2 Å². The number of nitrogens with zero attached hydrogens (tertiary/aromatic N) is 4. The topological polar surface area (TPSA) is 106 Å². The average Bonchev–Trinajstić information content (AvgIpc) is 3.30. The quantitative estimate of drug-likeness (QED) is 0.479. The molecule has 2 aliphatic rings. The van der Waals surface area contributed by atoms with E-state index in [1.807, 2.05) is 10.6 Å². The van der Waals surface area contributed by atoms with Gasteiger partial charge in [0.25, 0.3) is 0 Å². The van der Waals surface area contributed by atoms with Crippen molar-refractivity contribution in [1.82, 2.24) is 24.4 Å². The molecule has 1 aliphatic carbocycles. The maximum atomic E-state index is 13.2. The maximum Gasteiger partial charge on any atom is 0.243 e. The Kier molecular flexibility index (Phi) is 9.21. The van der Waals surface area contributed by atoms with E-state index in [0.717, 1.165) is 31.5 Å². The number of hydrogen-bond acceptors (Lipinski definition) is 7. The Hall–Kier alpha value is -1.95. The molecule has 0 unspecified atom stereocenters. The molecule has 1 amide bonds. The van der Waals surface area contributed by atoms with Crippen LogP contribution in [0.25, 0.3) is 0 Å². The number of amides is 1. The number of piperidine rings is 1. The minimum Gasteiger partial charge on any atom is -0.383 e. The van der Waals surface area contributed by atoms with Gasteiger partial charge in [-0.1, -0.05) is 49.2 Å². The summed E-state index contributed by atoms with van der Waals surface area (Å²) in [6.07, 6.45) is 7.27. The second kappa shape index (κ2) is 12.3. The zero-order valence-electron chi connectivity index (χ0n) is 20.3. The smallest absolute Gasteiger partial charge is 0.243 e. The summed E-state index contributed by atoms with van der Waals surface area (Å²) in [6, 6.07) is 8.83. The van der Waals surface area contributed by atoms with Crippen molar-refractivity contribution in [3.63, 3.8) is 0 Å². The largest absolute Gasteiger partial charge is 0.383 e. The second-order valence-corrected chi connectivity index (χ2v) is 12.1. The zero-order chi connectivity index (χ0) is 24.7. The molecule has 35 heavy (non-hydrogen) atoms. The first-order valence-electron chi connectivity index (χ1n) is 12.4. The SMILES string of the molecule is COCCn1c(SCC(=O)NC2CCCCC2)nnc1[C@H]1CCCN(S(=O)(=O)c2ccccc2)C1. The molecule has 192 valence electrons. The Morgan fingerprint density at radius 3 is 2.63 bits per heavy atom. The van der Waals surface area contributed by atoms with Gasteiger partial charge in [-0.2, -0.15) is 4.31 Å². The van der Waals surface area contributed by atoms with Crippen LogP contribution in [0, 0.1) is 0 Å². The molecule has 0 radical (unpaired) electrons. The predicted molar refractivity (Wildman–Crippen MR) is 135 cm³/mol. The summed E-state index contributed by atoms with van der Waals surface area (Å²) in [5.41, 5.74) is 0. The van der Waals surface area contributed by atoms with Gasteiger partial charge in [-0.25, -0.2) is 8.42 Å². The molecule has 9 nitrogen and oxygen atoms in total. The van der Waals surface area contributed by atoms with Crippen molar-refractivity contribution in [2.45, 2.75) is 73.5 Å². The molecular weight excluding hydrogens is 486 g/mol. The van der Waals surface area contributed by atoms with E-state index in [9.17, 15) is 13.2 Å². The highest BCUT2D eigenvalue weighted by atomic mass is 32.2. The lowest BCUT2D eigenvalue weighted by Crippen LogP contribution is -2.39. The number of carbonyl (C=O) groups is 1. The molecule has 4 rings (SSSR count). The second-order valence-electron chi connectivity index (χ2n) is 9.19. The standard InChI is InChI=1S/C24H35N5O4S2/c1-33-16-15-29-23(26-27-24(29)34-18-22(30)25-20-10-4-2-5-11-20)19-9-8-14-28(17-19)35(31,32)21-12-6-3-7-13-21/h3,6-7,12-13,19-20H,2,4-5,8-11,14-18H2,1H3,(H,25,30)/t19-/m0/s1. The number of rotatable bonds is 10. The predicted octanol–water partition coefficient (Wildman–Crippen LogP) is 3.03. The molecule has 2 aromatic rings. The molecule has 2 fully saturated rings. The van der Waals surface area contributed by atoms with Crippen LogP contribution in [0.4, 0.5) is 0 Å². The van der Waals surface area contributed by atoms with E-state index < -0.39 is 10.0 Å². The molecular formula is C24H35N5O4S2. The number of sulfonamides is 1. The third kappa shape index (κ3) is 6.63. The van der Waals surface area contributed by atoms with Gasteiger partial charge in [0.2, 0.25) is 15.9 Å². The molecule has 1 N–H and O–H groups in total. The molecule has 0 bridgehead atoms. The number of hydrogen-bond donors (Lipinski definition) is 1. The summed E-state index contributed by atoms with van der Waals surface area (Å²) in [4.78, 5) is 12.8. The first-order chi connectivity index (χ1) is 17.0. The van der Waals surface area contributed by atoms with Crippen LogP contribution < -0.4 is 5.32 Å². The van der Waals surface area contributed by atoms with Gasteiger partial charge < -0.3 is 14.6 Å². The van der Waals surface area contributed by atoms with Gasteiger partial charge in [-0.3, -0.25) is 4.79 Å². The van der Waals surface area contributed by atoms with E-state index in [1.165, 1.54) is 31.0 Å². The molecule has 1 saturated carbocycles. The molecule has 1 atom stereocenters. The normalized spacial score (nSPS) is 20.1. The van der Waals surface area contributed by atoms with Crippen molar-refractivity contribution in [3.05, 3.63) is 36.2 Å². The van der Waals surface area contributed by atoms with Gasteiger partial charge in [-0.05, 0) is 37.8 Å². The number of thioether (sulfide) groups is 1. The van der Waals surface area contributed by atoms with Gasteiger partial charge >= 0.3 is 0 Å². The van der Waals surface area contributed by atoms with Gasteiger partial charge in [0.1, 0.15) is 5.82 Å². The Morgan fingerprint density at radius 2 is 1.89 bits per heavy atom. The first-order valence-corrected chi connectivity index (χ1v) is 14.8. The monoisotopic (exact) mass is 521 g/mol. The summed E-state index contributed by atoms with van der Waals surface area (Å²) in [5, 5.41) is 12.7. The highest BCUT2D eigenvalue weighted by Crippen LogP contribution is 2.31. The van der Waals surface area contributed by atoms with Crippen LogP contribution in [0.5, 0.6) is 0 Å². The van der Waals surface area contributed by atoms with E-state index in [2.05, 4.69) is 15.5 Å². The van der Waals surface area contributed by atoms with E-state index in [4.69, 9.17) is 4.74 Å². The Balaban J connectivity index is 1.45. The van der Waals surface area contributed by atoms with Crippen LogP contribution in [0.15, 0.2) is 40.4 Å². The fourth-order valence-electron chi connectivity index (χ4n) is 4.86. The third-order valence-electron chi connectivity index (χ3n) is 6.70. The summed E-state index contributed by atoms with van der Waals surface area (Å²) in [7, 11) is -1.93. The summed E-state index contributed by atoms with van der Waals surface area (Å²) >= 11 is 1.37. The highest BCUT2D eigenvalue weighted by molar-refractivity contribution is 7.99. The van der Waals surface area contributed by atoms with Crippen LogP contribution in [0.1, 0.15) is 56.7 Å². The van der Waals surface area contributed by atoms with Gasteiger partial charge in [0, 0.05) is 38.7 Å². The lowest BCUT2D eigenvalue weighted by Gasteiger charge is -2.31. The van der Waals surface area contributed by atoms with E-state index in [1.54, 1.807) is 35.7 Å². The molecule has 2 heterocycles. The van der Waals surface area contributed by atoms with Crippen molar-refractivity contribution in [3.8, 4) is 0 Å². The van der Waals surface area contributed by atoms with Crippen LogP contribution in [0.3, 0.4) is 0 Å². The molecule has 0 spiro atoms. The summed E-state index contributed by atoms with van der Waals surface area (Å²) in [6.45, 7) is 1.87. The zero-order valence-corrected chi connectivity index (χ0v) is 21.9. The number of aromatic nitrogens is 3. The lowest BCUT2D eigenvalue weighted by atomic mass is 9.95. The average molecular weight is 522 g/mol. The van der Waals surface area contributed by atoms with Crippen molar-refractivity contribution in [2.75, 3.05) is 32.6 Å². The molecule has 1 aliphatic heterocycles. The number of nitrogens with one attached hydrogen (secondary N) is 1. The third-order valence-corrected chi connectivity index (χ3v) is 9.54. The maximum absolute atomic E-state index is 13.2. The number of benzene rings is 1. The first kappa shape index (κ1) is 26.1. The van der Waals surface area contributed by atoms with E-state index >= 15 is 0 Å². The van der Waals surface area contributed by atoms with Crippen molar-refractivity contribution in [2.24, 2.45) is 0 Å². The molecule has 1 aromatic carbocycles. The van der Waals surface area contributed by atoms with Gasteiger partial charge in [0.05, 0.1) is 17.3 Å². The van der Waals surface area contributed by atoms with Gasteiger partial charge in [0.15, 0.2) is 5.16 Å². The summed E-state index contributed by atoms with van der Waals surface area (Å²) < 4.78 is 35.2. The van der Waals surface area contributed by atoms with E-state index in [0.29, 0.717) is 36.3 Å².